The first-order valence-electron chi connectivity index (χ1n) is 17.3. The molecule has 326 valence electrons. The van der Waals surface area contributed by atoms with Crippen LogP contribution in [0.15, 0.2) is 0 Å². The van der Waals surface area contributed by atoms with Crippen LogP contribution in [0.3, 0.4) is 0 Å². The van der Waals surface area contributed by atoms with Crippen molar-refractivity contribution >= 4 is 55.5 Å². The Balaban J connectivity index is -0.000000456. The van der Waals surface area contributed by atoms with Crippen LogP contribution in [0, 0.1) is 0 Å². The van der Waals surface area contributed by atoms with Crippen molar-refractivity contribution in [3.8, 4) is 0 Å². The molecule has 0 aliphatic heterocycles. The van der Waals surface area contributed by atoms with Gasteiger partial charge in [0.1, 0.15) is 55.9 Å². The molecule has 0 heterocycles. The Hall–Kier alpha value is -3.00. The molecule has 0 aliphatic carbocycles. The van der Waals surface area contributed by atoms with Crippen LogP contribution >= 0.6 is 0 Å². The smallest absolute Gasteiger partial charge is 0.324 e. The summed E-state index contributed by atoms with van der Waals surface area (Å²) in [5.41, 5.74) is 2.95. The molecular weight excluding hydrogens is 763 g/mol. The number of carbonyl (C=O) groups is 6. The molecule has 0 rings (SSSR count). The molecule has 4 N–H and O–H groups in total. The average Bonchev–Trinajstić information content (AvgIpc) is 2.87. The van der Waals surface area contributed by atoms with E-state index in [-0.39, 0.29) is 57.7 Å². The fourth-order valence-electron chi connectivity index (χ4n) is 3.52. The zero-order valence-corrected chi connectivity index (χ0v) is 36.7. The van der Waals surface area contributed by atoms with Crippen molar-refractivity contribution < 1.29 is 64.6 Å². The second-order valence-electron chi connectivity index (χ2n) is 16.8. The first kappa shape index (κ1) is 58.7. The topological polar surface area (TPSA) is 258 Å². The van der Waals surface area contributed by atoms with Gasteiger partial charge in [0.05, 0.1) is 6.04 Å². The number of nitrogens with one attached hydrogen (secondary N) is 2. The Morgan fingerprint density at radius 2 is 0.855 bits per heavy atom. The number of ether oxygens (including phenoxy) is 4. The van der Waals surface area contributed by atoms with Crippen LogP contribution in [0.1, 0.15) is 143 Å². The van der Waals surface area contributed by atoms with E-state index in [1.807, 2.05) is 0 Å². The number of rotatable bonds is 16. The van der Waals surface area contributed by atoms with Gasteiger partial charge < -0.3 is 29.5 Å². The number of hydrogen-bond acceptors (Lipinski definition) is 15. The minimum Gasteiger partial charge on any atom is -0.460 e. The summed E-state index contributed by atoms with van der Waals surface area (Å²) in [5, 5.41) is 0. The lowest BCUT2D eigenvalue weighted by atomic mass is 10.1. The number of Topliss-reactive ketones (excluding diaryl/α,β-unsaturated/α-hetero) is 2. The van der Waals surface area contributed by atoms with Gasteiger partial charge in [-0.15, -0.1) is 0 Å². The van der Waals surface area contributed by atoms with Gasteiger partial charge in [-0.25, -0.2) is 8.42 Å². The highest BCUT2D eigenvalue weighted by atomic mass is 32.2. The minimum absolute atomic E-state index is 0. The zero-order chi connectivity index (χ0) is 43.7. The molecule has 0 fully saturated rings. The fourth-order valence-corrected chi connectivity index (χ4v) is 4.83. The van der Waals surface area contributed by atoms with Crippen LogP contribution in [0.5, 0.6) is 0 Å². The molecule has 0 spiro atoms. The van der Waals surface area contributed by atoms with Crippen LogP contribution in [0.4, 0.5) is 0 Å². The van der Waals surface area contributed by atoms with E-state index in [1.165, 1.54) is 13.8 Å². The van der Waals surface area contributed by atoms with E-state index in [0.29, 0.717) is 0 Å². The minimum atomic E-state index is -4.34. The molecule has 0 aromatic rings. The van der Waals surface area contributed by atoms with Gasteiger partial charge in [0.15, 0.2) is 0 Å². The Labute approximate surface area is 330 Å². The summed E-state index contributed by atoms with van der Waals surface area (Å²) in [5.74, 6) is -3.00. The van der Waals surface area contributed by atoms with Crippen LogP contribution < -0.4 is 15.2 Å². The van der Waals surface area contributed by atoms with Crippen LogP contribution in [0.25, 0.3) is 0 Å². The lowest BCUT2D eigenvalue weighted by Gasteiger charge is -2.25. The average molecular weight is 834 g/mol. The van der Waals surface area contributed by atoms with E-state index in [1.54, 1.807) is 83.1 Å². The summed E-state index contributed by atoms with van der Waals surface area (Å²) in [6, 6.07) is -3.31. The van der Waals surface area contributed by atoms with Gasteiger partial charge in [0.25, 0.3) is 10.2 Å². The Morgan fingerprint density at radius 3 is 1.18 bits per heavy atom. The molecule has 17 nitrogen and oxygen atoms in total. The number of esters is 4. The maximum atomic E-state index is 12.6. The van der Waals surface area contributed by atoms with Crippen molar-refractivity contribution in [2.24, 2.45) is 5.73 Å². The lowest BCUT2D eigenvalue weighted by molar-refractivity contribution is -0.160. The molecular formula is C36H71N3O14S2. The SMILES string of the molecule is C.CC(=O)CC[C@H](NS(=O)(=O)N[C@@H](CCC(=O)OC(C)(C)C)C(=O)OC(C)(C)C)C(C)=O.CC(C)(C)OC(=O)CC[C@H](N)C(=O)OC(C)(C)C.CS(C)(=O)=O. The van der Waals surface area contributed by atoms with Crippen molar-refractivity contribution in [2.45, 2.75) is 183 Å². The first-order chi connectivity index (χ1) is 23.7. The number of ketones is 2. The van der Waals surface area contributed by atoms with Gasteiger partial charge >= 0.3 is 23.9 Å². The molecule has 0 unspecified atom stereocenters. The van der Waals surface area contributed by atoms with Crippen LogP contribution in [-0.2, 0) is 67.8 Å². The normalized spacial score (nSPS) is 13.8. The lowest BCUT2D eigenvalue weighted by Crippen LogP contribution is -2.52. The first-order valence-corrected chi connectivity index (χ1v) is 21.1. The molecule has 0 aromatic carbocycles. The quantitative estimate of drug-likeness (QED) is 0.148. The van der Waals surface area contributed by atoms with Gasteiger partial charge in [0, 0.05) is 31.8 Å². The Kier molecular flexibility index (Phi) is 26.3. The molecule has 0 radical (unpaired) electrons. The monoisotopic (exact) mass is 833 g/mol. The summed E-state index contributed by atoms with van der Waals surface area (Å²) in [7, 11) is -7.01. The van der Waals surface area contributed by atoms with Crippen molar-refractivity contribution in [2.75, 3.05) is 12.5 Å². The number of nitrogens with two attached hydrogens (primary N) is 1. The van der Waals surface area contributed by atoms with Crippen molar-refractivity contribution in [3.63, 3.8) is 0 Å². The van der Waals surface area contributed by atoms with E-state index < -0.39 is 84.3 Å². The number of sulfone groups is 1. The van der Waals surface area contributed by atoms with Gasteiger partial charge in [0.2, 0.25) is 0 Å². The number of hydrogen-bond donors (Lipinski definition) is 3. The summed E-state index contributed by atoms with van der Waals surface area (Å²) in [6.07, 6.45) is 2.22. The Morgan fingerprint density at radius 1 is 0.545 bits per heavy atom. The molecule has 0 aromatic heterocycles. The van der Waals surface area contributed by atoms with Gasteiger partial charge in [-0.05, 0) is 116 Å². The number of carbonyl (C=O) groups excluding carboxylic acids is 6. The van der Waals surface area contributed by atoms with Gasteiger partial charge in [-0.1, -0.05) is 7.43 Å². The molecule has 0 bridgehead atoms. The van der Waals surface area contributed by atoms with Gasteiger partial charge in [-0.3, -0.25) is 24.0 Å². The highest BCUT2D eigenvalue weighted by Crippen LogP contribution is 2.15. The molecule has 0 amide bonds. The molecule has 3 atom stereocenters. The van der Waals surface area contributed by atoms with E-state index in [4.69, 9.17) is 24.7 Å². The summed E-state index contributed by atoms with van der Waals surface area (Å²) < 4.78 is 69.4. The molecule has 0 saturated carbocycles. The van der Waals surface area contributed by atoms with E-state index >= 15 is 0 Å². The maximum absolute atomic E-state index is 12.6. The zero-order valence-electron chi connectivity index (χ0n) is 35.1. The molecule has 0 saturated heterocycles. The Bertz CT molecular complexity index is 1460. The molecule has 55 heavy (non-hydrogen) atoms. The third-order valence-electron chi connectivity index (χ3n) is 5.41. The fraction of sp³-hybridized carbons (Fsp3) is 0.833. The van der Waals surface area contributed by atoms with Crippen molar-refractivity contribution in [1.82, 2.24) is 9.44 Å². The van der Waals surface area contributed by atoms with Crippen LogP contribution in [-0.4, -0.2) is 105 Å². The third-order valence-corrected chi connectivity index (χ3v) is 6.60. The van der Waals surface area contributed by atoms with Crippen molar-refractivity contribution in [1.29, 1.82) is 0 Å². The second-order valence-corrected chi connectivity index (χ2v) is 20.5. The van der Waals surface area contributed by atoms with E-state index in [0.717, 1.165) is 12.5 Å². The van der Waals surface area contributed by atoms with E-state index in [9.17, 15) is 45.6 Å². The predicted octanol–water partition coefficient (Wildman–Crippen LogP) is 3.64. The third kappa shape index (κ3) is 42.0. The van der Waals surface area contributed by atoms with E-state index in [2.05, 4.69) is 9.44 Å². The van der Waals surface area contributed by atoms with Gasteiger partial charge in [-0.2, -0.15) is 17.9 Å². The molecule has 19 heteroatoms. The highest BCUT2D eigenvalue weighted by molar-refractivity contribution is 7.90. The predicted molar refractivity (Wildman–Crippen MR) is 211 cm³/mol. The summed E-state index contributed by atoms with van der Waals surface area (Å²) in [6.45, 7) is 23.1. The maximum Gasteiger partial charge on any atom is 0.324 e. The van der Waals surface area contributed by atoms with Crippen molar-refractivity contribution in [3.05, 3.63) is 0 Å². The summed E-state index contributed by atoms with van der Waals surface area (Å²) in [4.78, 5) is 70.5. The van der Waals surface area contributed by atoms with Crippen LogP contribution in [0.2, 0.25) is 0 Å². The largest absolute Gasteiger partial charge is 0.460 e. The molecule has 0 aliphatic rings. The highest BCUT2D eigenvalue weighted by Gasteiger charge is 2.32. The second kappa shape index (κ2) is 24.6. The standard InChI is InChI=1S/C20H36N2O8S.C13H25NO4.C2H6O2S.CH4/c1-13(23)9-10-15(14(2)24)21-31(27,28)22-16(18(26)30-20(6,7)8)11-12-17(25)29-19(3,4)5;1-12(2,3)17-10(15)8-7-9(14)11(16)18-13(4,5)6;1-5(2,3)4;/h15-16,21-22H,9-12H2,1-8H3;9H,7-8,14H2,1-6H3;1-2H3;1H4/t15-,16-;9-;;/m00../s1. The summed E-state index contributed by atoms with van der Waals surface area (Å²) >= 11 is 0.